The first-order chi connectivity index (χ1) is 8.95. The van der Waals surface area contributed by atoms with E-state index in [0.717, 1.165) is 25.7 Å². The van der Waals surface area contributed by atoms with Crippen molar-refractivity contribution < 1.29 is 4.92 Å². The van der Waals surface area contributed by atoms with Crippen LogP contribution < -0.4 is 16.6 Å². The summed E-state index contributed by atoms with van der Waals surface area (Å²) in [7, 11) is 0. The molecule has 0 unspecified atom stereocenters. The average molecular weight is 266 g/mol. The molecule has 0 bridgehead atoms. The minimum absolute atomic E-state index is 0.0906. The van der Waals surface area contributed by atoms with Crippen LogP contribution in [-0.2, 0) is 0 Å². The minimum atomic E-state index is -0.462. The third-order valence-corrected chi connectivity index (χ3v) is 3.50. The number of hydrogen-bond acceptors (Lipinski definition) is 7. The van der Waals surface area contributed by atoms with Crippen LogP contribution in [0.25, 0.3) is 0 Å². The van der Waals surface area contributed by atoms with Gasteiger partial charge in [-0.3, -0.25) is 15.5 Å². The lowest BCUT2D eigenvalue weighted by molar-refractivity contribution is -0.385. The highest BCUT2D eigenvalue weighted by atomic mass is 16.6. The third-order valence-electron chi connectivity index (χ3n) is 3.50. The van der Waals surface area contributed by atoms with Crippen LogP contribution in [0.1, 0.15) is 38.3 Å². The lowest BCUT2D eigenvalue weighted by Crippen LogP contribution is -2.32. The molecule has 0 atom stereocenters. The van der Waals surface area contributed by atoms with Crippen molar-refractivity contribution in [3.63, 3.8) is 0 Å². The van der Waals surface area contributed by atoms with Gasteiger partial charge in [0.05, 0.1) is 4.92 Å². The molecule has 1 saturated carbocycles. The summed E-state index contributed by atoms with van der Waals surface area (Å²) in [5, 5.41) is 14.3. The smallest absolute Gasteiger partial charge is 0.332 e. The van der Waals surface area contributed by atoms with Crippen molar-refractivity contribution in [1.82, 2.24) is 9.97 Å². The van der Waals surface area contributed by atoms with Crippen LogP contribution >= 0.6 is 0 Å². The molecular weight excluding hydrogens is 248 g/mol. The van der Waals surface area contributed by atoms with E-state index in [1.165, 1.54) is 0 Å². The molecule has 2 rings (SSSR count). The molecular formula is C11H18N6O2. The topological polar surface area (TPSA) is 119 Å². The number of nitrogens with one attached hydrogen (secondary N) is 2. The first-order valence-corrected chi connectivity index (χ1v) is 6.23. The number of aromatic nitrogens is 2. The zero-order valence-corrected chi connectivity index (χ0v) is 11.1. The molecule has 0 aliphatic heterocycles. The fourth-order valence-corrected chi connectivity index (χ4v) is 2.50. The maximum Gasteiger partial charge on any atom is 0.332 e. The fraction of sp³-hybridized carbons (Fsp3) is 0.636. The molecule has 8 nitrogen and oxygen atoms in total. The highest BCUT2D eigenvalue weighted by Crippen LogP contribution is 2.35. The molecule has 19 heavy (non-hydrogen) atoms. The molecule has 1 fully saturated rings. The van der Waals surface area contributed by atoms with E-state index in [-0.39, 0.29) is 28.7 Å². The van der Waals surface area contributed by atoms with Crippen molar-refractivity contribution in [1.29, 1.82) is 0 Å². The summed E-state index contributed by atoms with van der Waals surface area (Å²) in [5.74, 6) is 5.69. The predicted molar refractivity (Wildman–Crippen MR) is 71.7 cm³/mol. The normalized spacial score (nSPS) is 17.2. The first kappa shape index (κ1) is 13.5. The van der Waals surface area contributed by atoms with Gasteiger partial charge in [-0.05, 0) is 26.7 Å². The Morgan fingerprint density at radius 2 is 2.00 bits per heavy atom. The van der Waals surface area contributed by atoms with Gasteiger partial charge in [-0.25, -0.2) is 10.8 Å². The van der Waals surface area contributed by atoms with Crippen molar-refractivity contribution >= 4 is 17.5 Å². The number of hydrazine groups is 1. The molecule has 8 heteroatoms. The lowest BCUT2D eigenvalue weighted by Gasteiger charge is -2.26. The molecule has 1 aromatic rings. The van der Waals surface area contributed by atoms with Crippen molar-refractivity contribution in [2.45, 2.75) is 45.1 Å². The number of hydrogen-bond donors (Lipinski definition) is 3. The number of nitrogens with two attached hydrogens (primary N) is 1. The number of nitrogens with zero attached hydrogens (tertiary/aromatic N) is 3. The van der Waals surface area contributed by atoms with Crippen molar-refractivity contribution in [3.05, 3.63) is 15.8 Å². The molecule has 0 amide bonds. The average Bonchev–Trinajstić information content (AvgIpc) is 2.74. The number of nitrogen functional groups attached to an aromatic ring is 1. The molecule has 104 valence electrons. The molecule has 1 aromatic heterocycles. The SMILES string of the molecule is Cc1nc(NN)nc(NC2(C)CCCC2)c1[N+](=O)[O-]. The second-order valence-corrected chi connectivity index (χ2v) is 5.12. The molecule has 0 aromatic carbocycles. The van der Waals surface area contributed by atoms with Gasteiger partial charge in [0.1, 0.15) is 5.69 Å². The van der Waals surface area contributed by atoms with E-state index in [1.54, 1.807) is 6.92 Å². The van der Waals surface area contributed by atoms with Gasteiger partial charge in [-0.1, -0.05) is 12.8 Å². The van der Waals surface area contributed by atoms with Gasteiger partial charge < -0.3 is 5.32 Å². The summed E-state index contributed by atoms with van der Waals surface area (Å²) in [5.41, 5.74) is 2.37. The van der Waals surface area contributed by atoms with E-state index < -0.39 is 4.92 Å². The van der Waals surface area contributed by atoms with Crippen molar-refractivity contribution in [3.8, 4) is 0 Å². The van der Waals surface area contributed by atoms with E-state index in [9.17, 15) is 10.1 Å². The van der Waals surface area contributed by atoms with E-state index >= 15 is 0 Å². The molecule has 1 aliphatic carbocycles. The van der Waals surface area contributed by atoms with E-state index in [0.29, 0.717) is 0 Å². The molecule has 0 spiro atoms. The highest BCUT2D eigenvalue weighted by molar-refractivity contribution is 5.61. The van der Waals surface area contributed by atoms with Gasteiger partial charge in [-0.15, -0.1) is 0 Å². The van der Waals surface area contributed by atoms with Crippen LogP contribution in [-0.4, -0.2) is 20.4 Å². The summed E-state index contributed by atoms with van der Waals surface area (Å²) < 4.78 is 0. The second kappa shape index (κ2) is 4.96. The zero-order chi connectivity index (χ0) is 14.0. The van der Waals surface area contributed by atoms with Crippen LogP contribution in [0.2, 0.25) is 0 Å². The van der Waals surface area contributed by atoms with Crippen LogP contribution in [0.3, 0.4) is 0 Å². The van der Waals surface area contributed by atoms with Crippen LogP contribution in [0.15, 0.2) is 0 Å². The quantitative estimate of drug-likeness (QED) is 0.431. The standard InChI is InChI=1S/C11H18N6O2/c1-7-8(17(18)19)9(14-10(13-7)16-12)15-11(2)5-3-4-6-11/h3-6,12H2,1-2H3,(H2,13,14,15,16). The molecule has 1 heterocycles. The van der Waals surface area contributed by atoms with Gasteiger partial charge >= 0.3 is 5.69 Å². The Morgan fingerprint density at radius 3 is 2.53 bits per heavy atom. The van der Waals surface area contributed by atoms with E-state index in [2.05, 4.69) is 27.6 Å². The van der Waals surface area contributed by atoms with Crippen molar-refractivity contribution in [2.24, 2.45) is 5.84 Å². The highest BCUT2D eigenvalue weighted by Gasteiger charge is 2.32. The Labute approximate surface area is 110 Å². The van der Waals surface area contributed by atoms with Crippen LogP contribution in [0.5, 0.6) is 0 Å². The number of rotatable bonds is 4. The van der Waals surface area contributed by atoms with E-state index in [4.69, 9.17) is 5.84 Å². The molecule has 0 radical (unpaired) electrons. The summed E-state index contributed by atoms with van der Waals surface area (Å²) >= 11 is 0. The number of anilines is 2. The molecule has 0 saturated heterocycles. The Balaban J connectivity index is 2.41. The minimum Gasteiger partial charge on any atom is -0.359 e. The van der Waals surface area contributed by atoms with Crippen molar-refractivity contribution in [2.75, 3.05) is 10.7 Å². The third kappa shape index (κ3) is 2.73. The molecule has 1 aliphatic rings. The van der Waals surface area contributed by atoms with Gasteiger partial charge in [-0.2, -0.15) is 4.98 Å². The van der Waals surface area contributed by atoms with Gasteiger partial charge in [0.15, 0.2) is 0 Å². The predicted octanol–water partition coefficient (Wildman–Crippen LogP) is 1.72. The van der Waals surface area contributed by atoms with Gasteiger partial charge in [0.2, 0.25) is 11.8 Å². The summed E-state index contributed by atoms with van der Waals surface area (Å²) in [6.45, 7) is 3.62. The Hall–Kier alpha value is -1.96. The summed E-state index contributed by atoms with van der Waals surface area (Å²) in [4.78, 5) is 18.7. The Bertz CT molecular complexity index is 498. The van der Waals surface area contributed by atoms with E-state index in [1.807, 2.05) is 0 Å². The maximum atomic E-state index is 11.2. The second-order valence-electron chi connectivity index (χ2n) is 5.12. The number of nitro groups is 1. The lowest BCUT2D eigenvalue weighted by atomic mass is 10.0. The Morgan fingerprint density at radius 1 is 1.37 bits per heavy atom. The largest absolute Gasteiger partial charge is 0.359 e. The first-order valence-electron chi connectivity index (χ1n) is 6.23. The van der Waals surface area contributed by atoms with Gasteiger partial charge in [0.25, 0.3) is 0 Å². The maximum absolute atomic E-state index is 11.2. The fourth-order valence-electron chi connectivity index (χ4n) is 2.50. The Kier molecular flexibility index (Phi) is 3.52. The summed E-state index contributed by atoms with van der Waals surface area (Å²) in [6, 6.07) is 0. The summed E-state index contributed by atoms with van der Waals surface area (Å²) in [6.07, 6.45) is 4.17. The zero-order valence-electron chi connectivity index (χ0n) is 11.1. The van der Waals surface area contributed by atoms with Gasteiger partial charge in [0, 0.05) is 5.54 Å². The molecule has 4 N–H and O–H groups in total. The van der Waals surface area contributed by atoms with Crippen LogP contribution in [0.4, 0.5) is 17.5 Å². The van der Waals surface area contributed by atoms with Crippen LogP contribution in [0, 0.1) is 17.0 Å². The number of aryl methyl sites for hydroxylation is 1. The monoisotopic (exact) mass is 266 g/mol.